The fourth-order valence-corrected chi connectivity index (χ4v) is 4.70. The number of rotatable bonds is 3. The Balaban J connectivity index is 1.61. The zero-order valence-electron chi connectivity index (χ0n) is 11.1. The van der Waals surface area contributed by atoms with Crippen LogP contribution in [0.4, 0.5) is 0 Å². The number of likely N-dealkylation sites (tertiary alicyclic amines) is 1. The van der Waals surface area contributed by atoms with E-state index in [1.54, 1.807) is 0 Å². The zero-order valence-corrected chi connectivity index (χ0v) is 11.1. The molecule has 1 saturated heterocycles. The Morgan fingerprint density at radius 3 is 2.53 bits per heavy atom. The van der Waals surface area contributed by atoms with E-state index in [2.05, 4.69) is 4.90 Å². The molecule has 2 bridgehead atoms. The quantitative estimate of drug-likeness (QED) is 0.816. The van der Waals surface area contributed by atoms with E-state index in [4.69, 9.17) is 5.73 Å². The third-order valence-corrected chi connectivity index (χ3v) is 5.61. The van der Waals surface area contributed by atoms with Crippen molar-refractivity contribution in [2.24, 2.45) is 17.6 Å². The first-order valence-corrected chi connectivity index (χ1v) is 7.84. The smallest absolute Gasteiger partial charge is 0.0102 e. The lowest BCUT2D eigenvalue weighted by Gasteiger charge is -2.35. The fraction of sp³-hybridized carbons (Fsp3) is 1.00. The van der Waals surface area contributed by atoms with Gasteiger partial charge in [-0.25, -0.2) is 0 Å². The molecule has 3 unspecified atom stereocenters. The second-order valence-electron chi connectivity index (χ2n) is 6.55. The van der Waals surface area contributed by atoms with E-state index in [-0.39, 0.29) is 0 Å². The largest absolute Gasteiger partial charge is 0.330 e. The van der Waals surface area contributed by atoms with Gasteiger partial charge >= 0.3 is 0 Å². The van der Waals surface area contributed by atoms with Gasteiger partial charge in [-0.2, -0.15) is 0 Å². The number of nitrogens with two attached hydrogens (primary N) is 1. The van der Waals surface area contributed by atoms with Crippen LogP contribution in [0.3, 0.4) is 0 Å². The average Bonchev–Trinajstić information content (AvgIpc) is 2.73. The maximum Gasteiger partial charge on any atom is 0.0102 e. The highest BCUT2D eigenvalue weighted by molar-refractivity contribution is 4.96. The first kappa shape index (κ1) is 12.0. The monoisotopic (exact) mass is 236 g/mol. The Morgan fingerprint density at radius 1 is 0.941 bits per heavy atom. The van der Waals surface area contributed by atoms with Crippen molar-refractivity contribution in [1.82, 2.24) is 4.90 Å². The van der Waals surface area contributed by atoms with Crippen molar-refractivity contribution in [3.8, 4) is 0 Å². The lowest BCUT2D eigenvalue weighted by molar-refractivity contribution is 0.138. The van der Waals surface area contributed by atoms with Gasteiger partial charge in [0.25, 0.3) is 0 Å². The minimum absolute atomic E-state index is 0.898. The van der Waals surface area contributed by atoms with Gasteiger partial charge in [-0.05, 0) is 56.9 Å². The van der Waals surface area contributed by atoms with E-state index >= 15 is 0 Å². The summed E-state index contributed by atoms with van der Waals surface area (Å²) in [5.74, 6) is 1.93. The van der Waals surface area contributed by atoms with Crippen molar-refractivity contribution in [1.29, 1.82) is 0 Å². The molecular formula is C15H28N2. The van der Waals surface area contributed by atoms with E-state index in [1.807, 2.05) is 0 Å². The normalized spacial score (nSPS) is 39.7. The summed E-state index contributed by atoms with van der Waals surface area (Å²) in [7, 11) is 0. The van der Waals surface area contributed by atoms with Crippen LogP contribution in [0.25, 0.3) is 0 Å². The van der Waals surface area contributed by atoms with Gasteiger partial charge in [0.1, 0.15) is 0 Å². The highest BCUT2D eigenvalue weighted by Gasteiger charge is 2.42. The average molecular weight is 236 g/mol. The van der Waals surface area contributed by atoms with Gasteiger partial charge in [0.15, 0.2) is 0 Å². The fourth-order valence-electron chi connectivity index (χ4n) is 4.70. The maximum atomic E-state index is 5.75. The van der Waals surface area contributed by atoms with Gasteiger partial charge in [0.2, 0.25) is 0 Å². The molecular weight excluding hydrogens is 208 g/mol. The molecule has 2 N–H and O–H groups in total. The SMILES string of the molecule is NCCC1CCC2CC1CN2C1CCCCC1. The Kier molecular flexibility index (Phi) is 3.72. The molecule has 2 nitrogen and oxygen atoms in total. The number of nitrogens with zero attached hydrogens (tertiary/aromatic N) is 1. The number of hydrogen-bond acceptors (Lipinski definition) is 2. The maximum absolute atomic E-state index is 5.75. The summed E-state index contributed by atoms with van der Waals surface area (Å²) in [5, 5.41) is 0. The molecule has 1 heterocycles. The van der Waals surface area contributed by atoms with Crippen molar-refractivity contribution in [2.75, 3.05) is 13.1 Å². The Bertz CT molecular complexity index is 247. The van der Waals surface area contributed by atoms with Gasteiger partial charge < -0.3 is 5.73 Å². The van der Waals surface area contributed by atoms with E-state index in [1.165, 1.54) is 64.3 Å². The predicted molar refractivity (Wildman–Crippen MR) is 71.9 cm³/mol. The summed E-state index contributed by atoms with van der Waals surface area (Å²) >= 11 is 0. The molecule has 3 aliphatic rings. The molecule has 3 atom stereocenters. The van der Waals surface area contributed by atoms with Crippen LogP contribution in [-0.2, 0) is 0 Å². The van der Waals surface area contributed by atoms with Crippen LogP contribution in [0.15, 0.2) is 0 Å². The molecule has 0 aromatic rings. The van der Waals surface area contributed by atoms with E-state index in [9.17, 15) is 0 Å². The molecule has 1 aliphatic heterocycles. The molecule has 3 fully saturated rings. The summed E-state index contributed by atoms with van der Waals surface area (Å²) in [6.07, 6.45) is 13.1. The summed E-state index contributed by atoms with van der Waals surface area (Å²) < 4.78 is 0. The second kappa shape index (κ2) is 5.27. The molecule has 2 heteroatoms. The molecule has 0 radical (unpaired) electrons. The topological polar surface area (TPSA) is 29.3 Å². The van der Waals surface area contributed by atoms with Crippen LogP contribution in [0.1, 0.15) is 57.8 Å². The third-order valence-electron chi connectivity index (χ3n) is 5.61. The van der Waals surface area contributed by atoms with Crippen molar-refractivity contribution in [3.63, 3.8) is 0 Å². The van der Waals surface area contributed by atoms with Gasteiger partial charge in [0.05, 0.1) is 0 Å². The van der Waals surface area contributed by atoms with Crippen LogP contribution >= 0.6 is 0 Å². The van der Waals surface area contributed by atoms with Crippen LogP contribution in [-0.4, -0.2) is 30.1 Å². The highest BCUT2D eigenvalue weighted by Crippen LogP contribution is 2.43. The minimum atomic E-state index is 0.898. The molecule has 17 heavy (non-hydrogen) atoms. The van der Waals surface area contributed by atoms with E-state index in [0.717, 1.165) is 30.5 Å². The predicted octanol–water partition coefficient (Wildman–Crippen LogP) is 2.77. The van der Waals surface area contributed by atoms with Crippen molar-refractivity contribution in [3.05, 3.63) is 0 Å². The van der Waals surface area contributed by atoms with E-state index in [0.29, 0.717) is 0 Å². The molecule has 0 aromatic carbocycles. The van der Waals surface area contributed by atoms with Crippen molar-refractivity contribution < 1.29 is 0 Å². The van der Waals surface area contributed by atoms with Gasteiger partial charge in [0, 0.05) is 18.6 Å². The van der Waals surface area contributed by atoms with Gasteiger partial charge in [-0.15, -0.1) is 0 Å². The zero-order chi connectivity index (χ0) is 11.7. The summed E-state index contributed by atoms with van der Waals surface area (Å²) in [5.41, 5.74) is 5.75. The lowest BCUT2D eigenvalue weighted by atomic mass is 9.78. The minimum Gasteiger partial charge on any atom is -0.330 e. The molecule has 0 amide bonds. The van der Waals surface area contributed by atoms with Gasteiger partial charge in [-0.3, -0.25) is 4.90 Å². The molecule has 0 aromatic heterocycles. The molecule has 0 spiro atoms. The molecule has 2 aliphatic carbocycles. The first-order chi connectivity index (χ1) is 8.38. The van der Waals surface area contributed by atoms with Crippen molar-refractivity contribution in [2.45, 2.75) is 69.9 Å². The van der Waals surface area contributed by atoms with Gasteiger partial charge in [-0.1, -0.05) is 19.3 Å². The van der Waals surface area contributed by atoms with Crippen LogP contribution in [0.5, 0.6) is 0 Å². The third kappa shape index (κ3) is 2.39. The lowest BCUT2D eigenvalue weighted by Crippen LogP contribution is -2.39. The Hall–Kier alpha value is -0.0800. The highest BCUT2D eigenvalue weighted by atomic mass is 15.2. The summed E-state index contributed by atoms with van der Waals surface area (Å²) in [6.45, 7) is 2.30. The van der Waals surface area contributed by atoms with E-state index < -0.39 is 0 Å². The Morgan fingerprint density at radius 2 is 1.76 bits per heavy atom. The number of hydrogen-bond donors (Lipinski definition) is 1. The molecule has 2 saturated carbocycles. The molecule has 3 rings (SSSR count). The summed E-state index contributed by atoms with van der Waals surface area (Å²) in [6, 6.07) is 1.88. The Labute approximate surface area is 106 Å². The van der Waals surface area contributed by atoms with Crippen LogP contribution in [0, 0.1) is 11.8 Å². The summed E-state index contributed by atoms with van der Waals surface area (Å²) in [4.78, 5) is 2.90. The second-order valence-corrected chi connectivity index (χ2v) is 6.55. The molecule has 98 valence electrons. The van der Waals surface area contributed by atoms with Crippen LogP contribution in [0.2, 0.25) is 0 Å². The standard InChI is InChI=1S/C15H28N2/c16-9-8-12-6-7-15-10-13(12)11-17(15)14-4-2-1-3-5-14/h12-15H,1-11,16H2. The van der Waals surface area contributed by atoms with Crippen LogP contribution < -0.4 is 5.73 Å². The first-order valence-electron chi connectivity index (χ1n) is 7.84. The van der Waals surface area contributed by atoms with Crippen molar-refractivity contribution >= 4 is 0 Å². The number of fused-ring (bicyclic) bond motifs is 2.